The van der Waals surface area contributed by atoms with Crippen molar-refractivity contribution in [2.75, 3.05) is 0 Å². The molecule has 0 amide bonds. The number of hydrogen-bond acceptors (Lipinski definition) is 15. The maximum Gasteiger partial charge on any atom is 0.308 e. The summed E-state index contributed by atoms with van der Waals surface area (Å²) in [4.78, 5) is 56.8. The second-order valence-electron chi connectivity index (χ2n) is 18.6. The van der Waals surface area contributed by atoms with Crippen LogP contribution in [0.4, 0.5) is 0 Å². The first-order chi connectivity index (χ1) is 33.0. The molecule has 1 heterocycles. The Morgan fingerprint density at radius 1 is 0.942 bits per heavy atom. The Balaban J connectivity index is 1.43. The van der Waals surface area contributed by atoms with E-state index in [1.54, 1.807) is 36.4 Å². The number of phenols is 1. The topological polar surface area (TPSA) is 264 Å². The summed E-state index contributed by atoms with van der Waals surface area (Å²) in [6, 6.07) is 12.7. The molecule has 4 aliphatic rings. The number of nitrogens with two attached hydrogens (primary N) is 1. The zero-order chi connectivity index (χ0) is 49.5. The molecule has 4 bridgehead atoms. The van der Waals surface area contributed by atoms with Gasteiger partial charge in [0, 0.05) is 58.7 Å². The number of aromatic hydroxyl groups is 1. The Kier molecular flexibility index (Phi) is 14.4. The minimum atomic E-state index is -1.90. The van der Waals surface area contributed by atoms with Crippen LogP contribution in [0.2, 0.25) is 0 Å². The first-order valence-corrected chi connectivity index (χ1v) is 23.3. The zero-order valence-corrected chi connectivity index (χ0v) is 38.6. The van der Waals surface area contributed by atoms with Crippen molar-refractivity contribution in [1.29, 1.82) is 0 Å². The molecule has 15 nitrogen and oxygen atoms in total. The number of fused-ring (bicyclic) bond motifs is 2. The van der Waals surface area contributed by atoms with Crippen LogP contribution in [-0.4, -0.2) is 102 Å². The van der Waals surface area contributed by atoms with Gasteiger partial charge in [0.2, 0.25) is 6.29 Å². The molecule has 2 fully saturated rings. The number of esters is 1. The Labute approximate surface area is 399 Å². The van der Waals surface area contributed by atoms with Crippen LogP contribution in [0.5, 0.6) is 17.2 Å². The van der Waals surface area contributed by atoms with Crippen molar-refractivity contribution in [2.45, 2.75) is 134 Å². The van der Waals surface area contributed by atoms with Gasteiger partial charge in [0.05, 0.1) is 36.0 Å². The van der Waals surface area contributed by atoms with Gasteiger partial charge in [-0.1, -0.05) is 73.7 Å². The minimum Gasteiger partial charge on any atom is -0.507 e. The van der Waals surface area contributed by atoms with E-state index in [-0.39, 0.29) is 87.6 Å². The number of ketones is 2. The van der Waals surface area contributed by atoms with Gasteiger partial charge in [-0.2, -0.15) is 0 Å². The molecule has 4 aromatic carbocycles. The molecule has 69 heavy (non-hydrogen) atoms. The molecule has 9 N–H and O–H groups in total. The number of aldehydes is 1. The predicted octanol–water partition coefficient (Wildman–Crippen LogP) is 4.33. The van der Waals surface area contributed by atoms with Gasteiger partial charge in [-0.25, -0.2) is 0 Å². The number of carbonyl (C=O) groups is 4. The molecule has 8 rings (SSSR count). The average molecular weight is 944 g/mol. The molecule has 4 aromatic rings. The maximum absolute atomic E-state index is 15.7. The van der Waals surface area contributed by atoms with Gasteiger partial charge in [0.25, 0.3) is 0 Å². The molecule has 3 aliphatic carbocycles. The third-order valence-electron chi connectivity index (χ3n) is 14.0. The normalized spacial score (nSPS) is 26.6. The molecular weight excluding hydrogens is 887 g/mol. The third kappa shape index (κ3) is 9.51. The summed E-state index contributed by atoms with van der Waals surface area (Å²) < 4.78 is 18.0. The number of hydrogen-bond donors (Lipinski definition) is 8. The molecule has 9 unspecified atom stereocenters. The van der Waals surface area contributed by atoms with Gasteiger partial charge in [0.1, 0.15) is 35.6 Å². The summed E-state index contributed by atoms with van der Waals surface area (Å²) in [6.07, 6.45) is -2.71. The number of rotatable bonds is 9. The van der Waals surface area contributed by atoms with Crippen molar-refractivity contribution >= 4 is 36.0 Å². The Hall–Kier alpha value is -6.06. The fraction of sp³-hybridized carbons (Fsp3) is 0.407. The molecule has 0 aromatic heterocycles. The number of aliphatic hydroxyl groups is 6. The van der Waals surface area contributed by atoms with Gasteiger partial charge in [-0.05, 0) is 91.3 Å². The van der Waals surface area contributed by atoms with Crippen LogP contribution in [0, 0.1) is 17.8 Å². The molecule has 0 radical (unpaired) electrons. The van der Waals surface area contributed by atoms with Gasteiger partial charge in [-0.3, -0.25) is 19.2 Å². The quantitative estimate of drug-likeness (QED) is 0.0443. The Bertz CT molecular complexity index is 2810. The van der Waals surface area contributed by atoms with Crippen molar-refractivity contribution < 1.29 is 69.1 Å². The summed E-state index contributed by atoms with van der Waals surface area (Å²) in [5, 5.41) is 79.5. The molecule has 9 atom stereocenters. The van der Waals surface area contributed by atoms with Crippen LogP contribution in [0.3, 0.4) is 0 Å². The number of benzene rings is 4. The molecular formula is C54H57NO14. The van der Waals surface area contributed by atoms with E-state index in [0.717, 1.165) is 25.3 Å². The second-order valence-corrected chi connectivity index (χ2v) is 18.6. The van der Waals surface area contributed by atoms with Gasteiger partial charge in [0.15, 0.2) is 17.9 Å². The molecule has 362 valence electrons. The highest BCUT2D eigenvalue weighted by Crippen LogP contribution is 2.49. The van der Waals surface area contributed by atoms with Crippen LogP contribution in [0.25, 0.3) is 12.2 Å². The molecule has 0 spiro atoms. The predicted molar refractivity (Wildman–Crippen MR) is 252 cm³/mol. The molecule has 1 aliphatic heterocycles. The van der Waals surface area contributed by atoms with Crippen molar-refractivity contribution in [3.63, 3.8) is 0 Å². The second kappa shape index (κ2) is 20.1. The number of phenolic OH excluding ortho intramolecular Hbond substituents is 1. The van der Waals surface area contributed by atoms with E-state index in [2.05, 4.69) is 11.8 Å². The van der Waals surface area contributed by atoms with Crippen LogP contribution in [0.15, 0.2) is 48.5 Å². The SMILES string of the molecule is CCC1CCC(O)(c2cccc(Cc3c(O)c4c5c(c3OC3OC(C)C(O)C(O)C3O)CC#CC(N)CCC(O)Cc3cccc(c3)C=Cc3c(OC(C)=O)cc(CO)c(c3C5=O)C4=O)c2C=O)C1. The first-order valence-electron chi connectivity index (χ1n) is 23.3. The molecule has 15 heteroatoms. The third-order valence-corrected chi connectivity index (χ3v) is 14.0. The fourth-order valence-corrected chi connectivity index (χ4v) is 10.3. The lowest BCUT2D eigenvalue weighted by atomic mass is 9.75. The average Bonchev–Trinajstić information content (AvgIpc) is 3.73. The standard InChI is InChI=1S/C54H57NO14/c1-4-29-18-19-54(66,24-29)40-13-6-10-32(39(40)26-57)22-38-47(61)45-44-37(52(38)69-53-51(65)50(64)46(60)27(2)67-53)12-7-11-34(55)15-16-35(59)21-31-9-5-8-30(20-31)14-17-36-41(68-28(3)58)23-33(25-56)42(48(45)62)43(36)49(44)63/h5-6,8-10,13-14,17,20,23,26-27,29,34-35,46,50-51,53,56,59-61,64-66H,4,12,15-16,18-19,21-22,24-25,55H2,1-3H3. The van der Waals surface area contributed by atoms with E-state index in [1.165, 1.54) is 19.1 Å². The molecule has 1 saturated carbocycles. The fourth-order valence-electron chi connectivity index (χ4n) is 10.3. The summed E-state index contributed by atoms with van der Waals surface area (Å²) in [5.74, 6) is 2.41. The van der Waals surface area contributed by atoms with E-state index in [1.807, 2.05) is 19.1 Å². The zero-order valence-electron chi connectivity index (χ0n) is 38.6. The lowest BCUT2D eigenvalue weighted by Crippen LogP contribution is -2.58. The Morgan fingerprint density at radius 3 is 2.41 bits per heavy atom. The summed E-state index contributed by atoms with van der Waals surface area (Å²) >= 11 is 0. The van der Waals surface area contributed by atoms with Gasteiger partial charge in [-0.15, -0.1) is 0 Å². The highest BCUT2D eigenvalue weighted by molar-refractivity contribution is 6.32. The number of ether oxygens (including phenoxy) is 3. The maximum atomic E-state index is 15.7. The van der Waals surface area contributed by atoms with E-state index >= 15 is 9.59 Å². The van der Waals surface area contributed by atoms with E-state index in [9.17, 15) is 45.3 Å². The van der Waals surface area contributed by atoms with Gasteiger partial charge < -0.3 is 55.7 Å². The lowest BCUT2D eigenvalue weighted by Gasteiger charge is -2.39. The number of aliphatic hydroxyl groups excluding tert-OH is 5. The minimum absolute atomic E-state index is 0.0161. The summed E-state index contributed by atoms with van der Waals surface area (Å²) in [7, 11) is 0. The van der Waals surface area contributed by atoms with Gasteiger partial charge >= 0.3 is 5.97 Å². The van der Waals surface area contributed by atoms with Crippen LogP contribution in [0.1, 0.15) is 146 Å². The Morgan fingerprint density at radius 2 is 1.70 bits per heavy atom. The van der Waals surface area contributed by atoms with Crippen LogP contribution >= 0.6 is 0 Å². The van der Waals surface area contributed by atoms with E-state index < -0.39 is 95.9 Å². The first kappa shape index (κ1) is 49.4. The highest BCUT2D eigenvalue weighted by atomic mass is 16.7. The largest absolute Gasteiger partial charge is 0.507 e. The summed E-state index contributed by atoms with van der Waals surface area (Å²) in [6.45, 7) is 3.82. The van der Waals surface area contributed by atoms with Crippen molar-refractivity contribution in [2.24, 2.45) is 11.7 Å². The van der Waals surface area contributed by atoms with Crippen LogP contribution in [-0.2, 0) is 41.0 Å². The van der Waals surface area contributed by atoms with Crippen molar-refractivity contribution in [3.05, 3.63) is 121 Å². The lowest BCUT2D eigenvalue weighted by molar-refractivity contribution is -0.268. The number of carbonyl (C=O) groups excluding carboxylic acids is 4. The highest BCUT2D eigenvalue weighted by Gasteiger charge is 2.46. The van der Waals surface area contributed by atoms with Crippen molar-refractivity contribution in [1.82, 2.24) is 0 Å². The van der Waals surface area contributed by atoms with E-state index in [4.69, 9.17) is 19.9 Å². The monoisotopic (exact) mass is 943 g/mol. The summed E-state index contributed by atoms with van der Waals surface area (Å²) in [5.41, 5.74) is 5.52. The smallest absolute Gasteiger partial charge is 0.308 e. The molecule has 1 saturated heterocycles. The van der Waals surface area contributed by atoms with Crippen molar-refractivity contribution in [3.8, 4) is 29.1 Å². The van der Waals surface area contributed by atoms with Crippen LogP contribution < -0.4 is 15.2 Å². The van der Waals surface area contributed by atoms with E-state index in [0.29, 0.717) is 30.3 Å².